The van der Waals surface area contributed by atoms with Crippen molar-refractivity contribution in [3.05, 3.63) is 26.0 Å². The summed E-state index contributed by atoms with van der Waals surface area (Å²) in [4.78, 5) is 0. The molecule has 0 N–H and O–H groups in total. The third-order valence-electron chi connectivity index (χ3n) is 6.52. The van der Waals surface area contributed by atoms with E-state index >= 15 is 0 Å². The van der Waals surface area contributed by atoms with Crippen molar-refractivity contribution in [3.63, 3.8) is 0 Å². The average Bonchev–Trinajstić information content (AvgIpc) is 2.75. The summed E-state index contributed by atoms with van der Waals surface area (Å²) in [6.45, 7) is 10.3. The summed E-state index contributed by atoms with van der Waals surface area (Å²) < 4.78 is 0. The molecule has 0 saturated carbocycles. The zero-order valence-corrected chi connectivity index (χ0v) is 21.1. The second-order valence-corrected chi connectivity index (χ2v) is 9.81. The van der Waals surface area contributed by atoms with Crippen LogP contribution in [0.5, 0.6) is 0 Å². The summed E-state index contributed by atoms with van der Waals surface area (Å²) in [6, 6.07) is 0. The molecule has 0 fully saturated rings. The minimum atomic E-state index is 0.872. The fourth-order valence-corrected chi connectivity index (χ4v) is 4.32. The maximum atomic E-state index is 3.92. The fraction of sp³-hybridized carbons (Fsp3) is 0.867. The van der Waals surface area contributed by atoms with Crippen molar-refractivity contribution in [2.24, 2.45) is 5.92 Å². The van der Waals surface area contributed by atoms with E-state index in [1.165, 1.54) is 141 Å². The Labute approximate surface area is 193 Å². The zero-order chi connectivity index (χ0) is 22.0. The molecule has 0 aromatic rings. The summed E-state index contributed by atoms with van der Waals surface area (Å²) in [6.07, 6.45) is 38.2. The maximum Gasteiger partial charge on any atom is -0.0325 e. The molecule has 1 atom stereocenters. The lowest BCUT2D eigenvalue weighted by atomic mass is 9.98. The number of rotatable bonds is 25. The standard InChI is InChI=1S/C30H58/c1-4-6-8-10-12-14-15-16-17-18-19-21-23-25-27-29-30(3)28-26-24-22-20-13-11-9-7-5-2/h25,27,30H,1-2,4-24,26,28-29H2,3H3. The lowest BCUT2D eigenvalue weighted by Gasteiger charge is -2.08. The Bertz CT molecular complexity index is 316. The van der Waals surface area contributed by atoms with Crippen LogP contribution in [0.1, 0.15) is 161 Å². The van der Waals surface area contributed by atoms with E-state index in [4.69, 9.17) is 0 Å². The lowest BCUT2D eigenvalue weighted by Crippen LogP contribution is -1.92. The van der Waals surface area contributed by atoms with E-state index in [1.54, 1.807) is 0 Å². The second-order valence-electron chi connectivity index (χ2n) is 9.81. The fourth-order valence-electron chi connectivity index (χ4n) is 4.32. The van der Waals surface area contributed by atoms with Crippen molar-refractivity contribution in [2.75, 3.05) is 0 Å². The quantitative estimate of drug-likeness (QED) is 0.102. The normalized spacial score (nSPS) is 12.8. The third kappa shape index (κ3) is 25.8. The van der Waals surface area contributed by atoms with E-state index in [1.807, 2.05) is 0 Å². The summed E-state index contributed by atoms with van der Waals surface area (Å²) in [7, 11) is 0. The predicted octanol–water partition coefficient (Wildman–Crippen LogP) is 11.2. The highest BCUT2D eigenvalue weighted by Gasteiger charge is 2.00. The molecule has 0 aliphatic heterocycles. The molecule has 178 valence electrons. The Kier molecular flexibility index (Phi) is 26.5. The van der Waals surface area contributed by atoms with Gasteiger partial charge in [0.1, 0.15) is 0 Å². The first-order chi connectivity index (χ1) is 14.8. The Hall–Kier alpha value is -0.260. The van der Waals surface area contributed by atoms with Crippen LogP contribution in [-0.2, 0) is 0 Å². The van der Waals surface area contributed by atoms with Crippen LogP contribution in [0.3, 0.4) is 0 Å². The van der Waals surface area contributed by atoms with Crippen LogP contribution in [0.4, 0.5) is 0 Å². The van der Waals surface area contributed by atoms with Crippen LogP contribution in [0.2, 0.25) is 0 Å². The van der Waals surface area contributed by atoms with Gasteiger partial charge in [-0.2, -0.15) is 0 Å². The molecule has 0 amide bonds. The van der Waals surface area contributed by atoms with Crippen molar-refractivity contribution in [1.82, 2.24) is 0 Å². The highest BCUT2D eigenvalue weighted by atomic mass is 14.1. The molecule has 0 spiro atoms. The van der Waals surface area contributed by atoms with Gasteiger partial charge in [-0.3, -0.25) is 0 Å². The topological polar surface area (TPSA) is 0 Å². The Morgan fingerprint density at radius 1 is 0.467 bits per heavy atom. The van der Waals surface area contributed by atoms with Crippen LogP contribution in [0, 0.1) is 19.8 Å². The molecule has 0 bridgehead atoms. The van der Waals surface area contributed by atoms with Crippen molar-refractivity contribution in [3.8, 4) is 0 Å². The Morgan fingerprint density at radius 2 is 0.833 bits per heavy atom. The van der Waals surface area contributed by atoms with Gasteiger partial charge in [-0.25, -0.2) is 0 Å². The van der Waals surface area contributed by atoms with Gasteiger partial charge in [-0.05, 0) is 25.2 Å². The largest absolute Gasteiger partial charge is 0.0885 e. The first kappa shape index (κ1) is 29.7. The number of hydrogen-bond donors (Lipinski definition) is 0. The first-order valence-corrected chi connectivity index (χ1v) is 14.0. The van der Waals surface area contributed by atoms with Gasteiger partial charge in [0.2, 0.25) is 0 Å². The highest BCUT2D eigenvalue weighted by Crippen LogP contribution is 2.17. The number of allylic oxidation sites excluding steroid dienone is 2. The monoisotopic (exact) mass is 418 g/mol. The molecule has 0 heteroatoms. The van der Waals surface area contributed by atoms with E-state index in [2.05, 4.69) is 32.9 Å². The summed E-state index contributed by atoms with van der Waals surface area (Å²) in [5.41, 5.74) is 0. The third-order valence-corrected chi connectivity index (χ3v) is 6.52. The van der Waals surface area contributed by atoms with Gasteiger partial charge in [0.15, 0.2) is 0 Å². The molecule has 0 nitrogen and oxygen atoms in total. The molecule has 2 radical (unpaired) electrons. The molecule has 0 saturated heterocycles. The van der Waals surface area contributed by atoms with E-state index in [0.29, 0.717) is 0 Å². The van der Waals surface area contributed by atoms with E-state index < -0.39 is 0 Å². The number of hydrogen-bond acceptors (Lipinski definition) is 0. The molecular weight excluding hydrogens is 360 g/mol. The zero-order valence-electron chi connectivity index (χ0n) is 21.1. The average molecular weight is 419 g/mol. The molecule has 1 unspecified atom stereocenters. The molecule has 0 aliphatic rings. The van der Waals surface area contributed by atoms with Crippen LogP contribution in [-0.4, -0.2) is 0 Å². The van der Waals surface area contributed by atoms with Crippen molar-refractivity contribution < 1.29 is 0 Å². The Balaban J connectivity index is 3.21. The Morgan fingerprint density at radius 3 is 1.27 bits per heavy atom. The molecule has 0 heterocycles. The van der Waals surface area contributed by atoms with Gasteiger partial charge in [-0.1, -0.05) is 168 Å². The summed E-state index contributed by atoms with van der Waals surface area (Å²) in [5.74, 6) is 0.872. The molecule has 0 rings (SSSR count). The summed E-state index contributed by atoms with van der Waals surface area (Å²) in [5, 5.41) is 0. The molecular formula is C30H58. The van der Waals surface area contributed by atoms with Gasteiger partial charge < -0.3 is 0 Å². The van der Waals surface area contributed by atoms with E-state index in [-0.39, 0.29) is 0 Å². The maximum absolute atomic E-state index is 3.92. The lowest BCUT2D eigenvalue weighted by molar-refractivity contribution is 0.483. The smallest absolute Gasteiger partial charge is 0.0325 e. The second kappa shape index (κ2) is 26.8. The van der Waals surface area contributed by atoms with E-state index in [9.17, 15) is 0 Å². The van der Waals surface area contributed by atoms with Crippen LogP contribution >= 0.6 is 0 Å². The van der Waals surface area contributed by atoms with E-state index in [0.717, 1.165) is 18.8 Å². The van der Waals surface area contributed by atoms with Gasteiger partial charge in [0, 0.05) is 0 Å². The van der Waals surface area contributed by atoms with Crippen LogP contribution in [0.25, 0.3) is 0 Å². The first-order valence-electron chi connectivity index (χ1n) is 14.0. The predicted molar refractivity (Wildman–Crippen MR) is 140 cm³/mol. The molecule has 30 heavy (non-hydrogen) atoms. The van der Waals surface area contributed by atoms with Gasteiger partial charge >= 0.3 is 0 Å². The minimum Gasteiger partial charge on any atom is -0.0885 e. The van der Waals surface area contributed by atoms with Gasteiger partial charge in [0.25, 0.3) is 0 Å². The molecule has 0 aromatic heterocycles. The SMILES string of the molecule is [CH2]CCCCCCCCCCCCCC=CCC(C)CCCCCCCCCC[CH2]. The van der Waals surface area contributed by atoms with Gasteiger partial charge in [0.05, 0.1) is 0 Å². The van der Waals surface area contributed by atoms with Crippen LogP contribution in [0.15, 0.2) is 12.2 Å². The summed E-state index contributed by atoms with van der Waals surface area (Å²) >= 11 is 0. The van der Waals surface area contributed by atoms with Crippen molar-refractivity contribution in [1.29, 1.82) is 0 Å². The minimum absolute atomic E-state index is 0.872. The van der Waals surface area contributed by atoms with Gasteiger partial charge in [-0.15, -0.1) is 0 Å². The van der Waals surface area contributed by atoms with Crippen molar-refractivity contribution >= 4 is 0 Å². The van der Waals surface area contributed by atoms with Crippen molar-refractivity contribution in [2.45, 2.75) is 161 Å². The molecule has 0 aliphatic carbocycles. The highest BCUT2D eigenvalue weighted by molar-refractivity contribution is 4.83. The number of unbranched alkanes of at least 4 members (excludes halogenated alkanes) is 20. The molecule has 0 aromatic carbocycles. The van der Waals surface area contributed by atoms with Crippen LogP contribution < -0.4 is 0 Å².